The van der Waals surface area contributed by atoms with Crippen LogP contribution < -0.4 is 9.47 Å². The van der Waals surface area contributed by atoms with Gasteiger partial charge in [0.25, 0.3) is 0 Å². The van der Waals surface area contributed by atoms with E-state index in [4.69, 9.17) is 21.1 Å². The highest BCUT2D eigenvalue weighted by Crippen LogP contribution is 2.38. The molecule has 116 valence electrons. The van der Waals surface area contributed by atoms with Crippen LogP contribution in [-0.2, 0) is 11.3 Å². The number of carboxylic acids is 1. The molecule has 0 saturated carbocycles. The molecule has 0 atom stereocenters. The summed E-state index contributed by atoms with van der Waals surface area (Å²) in [4.78, 5) is 13.0. The van der Waals surface area contributed by atoms with Crippen molar-refractivity contribution in [1.82, 2.24) is 4.90 Å². The topological polar surface area (TPSA) is 59.0 Å². The van der Waals surface area contributed by atoms with E-state index in [1.165, 1.54) is 0 Å². The van der Waals surface area contributed by atoms with E-state index in [1.807, 2.05) is 6.07 Å². The summed E-state index contributed by atoms with van der Waals surface area (Å²) in [5.74, 6) is 0.319. The first-order valence-corrected chi connectivity index (χ1v) is 7.23. The molecule has 1 heterocycles. The Morgan fingerprint density at radius 3 is 2.71 bits per heavy atom. The van der Waals surface area contributed by atoms with E-state index >= 15 is 0 Å². The van der Waals surface area contributed by atoms with Gasteiger partial charge in [-0.1, -0.05) is 11.6 Å². The number of halogens is 1. The van der Waals surface area contributed by atoms with Crippen LogP contribution in [-0.4, -0.2) is 41.8 Å². The Hall–Kier alpha value is -1.46. The lowest BCUT2D eigenvalue weighted by molar-refractivity contribution is -0.148. The fourth-order valence-electron chi connectivity index (χ4n) is 2.01. The molecule has 1 aromatic carbocycles. The maximum Gasteiger partial charge on any atom is 0.323 e. The molecule has 0 aromatic heterocycles. The minimum absolute atomic E-state index is 0.454. The van der Waals surface area contributed by atoms with Gasteiger partial charge in [-0.05, 0) is 38.6 Å². The number of nitrogens with zero attached hydrogens (tertiary/aromatic N) is 1. The van der Waals surface area contributed by atoms with Crippen molar-refractivity contribution in [2.24, 2.45) is 0 Å². The van der Waals surface area contributed by atoms with Crippen molar-refractivity contribution in [2.75, 3.05) is 20.3 Å². The second-order valence-corrected chi connectivity index (χ2v) is 6.08. The van der Waals surface area contributed by atoms with Crippen molar-refractivity contribution >= 4 is 17.6 Å². The Bertz CT molecular complexity index is 545. The van der Waals surface area contributed by atoms with Crippen molar-refractivity contribution in [3.8, 4) is 11.5 Å². The normalized spacial score (nSPS) is 14.9. The summed E-state index contributed by atoms with van der Waals surface area (Å²) < 4.78 is 11.2. The van der Waals surface area contributed by atoms with Crippen LogP contribution in [0.4, 0.5) is 0 Å². The monoisotopic (exact) mass is 313 g/mol. The number of carbonyl (C=O) groups is 1. The van der Waals surface area contributed by atoms with Gasteiger partial charge in [0.05, 0.1) is 18.2 Å². The summed E-state index contributed by atoms with van der Waals surface area (Å²) in [6.07, 6.45) is 0.812. The Morgan fingerprint density at radius 2 is 2.05 bits per heavy atom. The van der Waals surface area contributed by atoms with Gasteiger partial charge in [0, 0.05) is 13.0 Å². The molecule has 0 bridgehead atoms. The van der Waals surface area contributed by atoms with Crippen molar-refractivity contribution in [2.45, 2.75) is 32.4 Å². The number of benzene rings is 1. The number of likely N-dealkylation sites (N-methyl/N-ethyl adjacent to an activating group) is 1. The summed E-state index contributed by atoms with van der Waals surface area (Å²) in [6.45, 7) is 4.96. The molecule has 0 aliphatic carbocycles. The van der Waals surface area contributed by atoms with Crippen LogP contribution in [0.2, 0.25) is 5.02 Å². The summed E-state index contributed by atoms with van der Waals surface area (Å²) >= 11 is 6.24. The molecule has 0 unspecified atom stereocenters. The molecule has 0 spiro atoms. The Kier molecular flexibility index (Phi) is 4.64. The lowest BCUT2D eigenvalue weighted by Gasteiger charge is -2.31. The predicted octanol–water partition coefficient (Wildman–Crippen LogP) is 2.80. The highest BCUT2D eigenvalue weighted by atomic mass is 35.5. The fourth-order valence-corrected chi connectivity index (χ4v) is 2.30. The maximum absolute atomic E-state index is 11.3. The predicted molar refractivity (Wildman–Crippen MR) is 80.2 cm³/mol. The zero-order chi connectivity index (χ0) is 15.6. The van der Waals surface area contributed by atoms with Crippen LogP contribution in [0.15, 0.2) is 12.1 Å². The van der Waals surface area contributed by atoms with Crippen LogP contribution in [0.3, 0.4) is 0 Å². The molecule has 0 amide bonds. The number of hydrogen-bond donors (Lipinski definition) is 1. The smallest absolute Gasteiger partial charge is 0.323 e. The van der Waals surface area contributed by atoms with E-state index in [2.05, 4.69) is 0 Å². The molecule has 1 aliphatic heterocycles. The molecule has 1 N–H and O–H groups in total. The lowest BCUT2D eigenvalue weighted by Crippen LogP contribution is -2.47. The number of carboxylic acid groups (broad SMARTS) is 1. The third-order valence-electron chi connectivity index (χ3n) is 3.76. The zero-order valence-corrected chi connectivity index (χ0v) is 13.2. The number of fused-ring (bicyclic) bond motifs is 1. The van der Waals surface area contributed by atoms with Gasteiger partial charge < -0.3 is 14.6 Å². The highest BCUT2D eigenvalue weighted by Gasteiger charge is 2.32. The molecule has 0 saturated heterocycles. The Balaban J connectivity index is 2.24. The van der Waals surface area contributed by atoms with Gasteiger partial charge in [-0.2, -0.15) is 0 Å². The van der Waals surface area contributed by atoms with Crippen molar-refractivity contribution < 1.29 is 19.4 Å². The van der Waals surface area contributed by atoms with Gasteiger partial charge in [0.2, 0.25) is 0 Å². The molecule has 5 nitrogen and oxygen atoms in total. The summed E-state index contributed by atoms with van der Waals surface area (Å²) in [6, 6.07) is 3.66. The van der Waals surface area contributed by atoms with Crippen LogP contribution in [0.1, 0.15) is 25.8 Å². The van der Waals surface area contributed by atoms with E-state index in [0.29, 0.717) is 36.3 Å². The van der Waals surface area contributed by atoms with E-state index in [-0.39, 0.29) is 0 Å². The summed E-state index contributed by atoms with van der Waals surface area (Å²) in [5, 5.41) is 9.75. The first kappa shape index (κ1) is 15.9. The highest BCUT2D eigenvalue weighted by molar-refractivity contribution is 6.32. The number of rotatable bonds is 4. The molecule has 2 rings (SSSR count). The Morgan fingerprint density at radius 1 is 1.38 bits per heavy atom. The molecular weight excluding hydrogens is 294 g/mol. The first-order chi connectivity index (χ1) is 9.82. The lowest BCUT2D eigenvalue weighted by atomic mass is 10.0. The van der Waals surface area contributed by atoms with Crippen molar-refractivity contribution in [3.63, 3.8) is 0 Å². The van der Waals surface area contributed by atoms with Crippen molar-refractivity contribution in [1.29, 1.82) is 0 Å². The van der Waals surface area contributed by atoms with Gasteiger partial charge in [-0.15, -0.1) is 0 Å². The summed E-state index contributed by atoms with van der Waals surface area (Å²) in [7, 11) is 1.77. The van der Waals surface area contributed by atoms with Gasteiger partial charge >= 0.3 is 5.97 Å². The molecule has 0 fully saturated rings. The molecule has 6 heteroatoms. The van der Waals surface area contributed by atoms with Gasteiger partial charge in [0.1, 0.15) is 5.54 Å². The van der Waals surface area contributed by atoms with E-state index in [0.717, 1.165) is 12.0 Å². The quantitative estimate of drug-likeness (QED) is 0.926. The molecular formula is C15H20ClNO4. The fraction of sp³-hybridized carbons (Fsp3) is 0.533. The zero-order valence-electron chi connectivity index (χ0n) is 12.5. The molecule has 1 aromatic rings. The SMILES string of the molecule is CN(Cc1cc(Cl)c2c(c1)OCCCO2)C(C)(C)C(=O)O. The van der Waals surface area contributed by atoms with Gasteiger partial charge in [-0.25, -0.2) is 0 Å². The number of ether oxygens (including phenoxy) is 2. The van der Waals surface area contributed by atoms with Crippen LogP contribution in [0, 0.1) is 0 Å². The standard InChI is InChI=1S/C15H20ClNO4/c1-15(2,14(18)19)17(3)9-10-7-11(16)13-12(8-10)20-5-4-6-21-13/h7-8H,4-6,9H2,1-3H3,(H,18,19). The minimum atomic E-state index is -0.962. The largest absolute Gasteiger partial charge is 0.489 e. The second kappa shape index (κ2) is 6.12. The molecule has 21 heavy (non-hydrogen) atoms. The van der Waals surface area contributed by atoms with E-state index in [1.54, 1.807) is 31.9 Å². The van der Waals surface area contributed by atoms with Gasteiger partial charge in [0.15, 0.2) is 11.5 Å². The number of aliphatic carboxylic acids is 1. The van der Waals surface area contributed by atoms with E-state index in [9.17, 15) is 9.90 Å². The second-order valence-electron chi connectivity index (χ2n) is 5.68. The average molecular weight is 314 g/mol. The first-order valence-electron chi connectivity index (χ1n) is 6.85. The number of hydrogen-bond acceptors (Lipinski definition) is 4. The molecule has 1 aliphatic rings. The Labute approximate surface area is 129 Å². The average Bonchev–Trinajstić information content (AvgIpc) is 2.64. The van der Waals surface area contributed by atoms with Crippen molar-refractivity contribution in [3.05, 3.63) is 22.7 Å². The minimum Gasteiger partial charge on any atom is -0.489 e. The van der Waals surface area contributed by atoms with Gasteiger partial charge in [-0.3, -0.25) is 9.69 Å². The summed E-state index contributed by atoms with van der Waals surface area (Å²) in [5.41, 5.74) is -0.0718. The third kappa shape index (κ3) is 3.41. The van der Waals surface area contributed by atoms with Crippen LogP contribution in [0.5, 0.6) is 11.5 Å². The maximum atomic E-state index is 11.3. The van der Waals surface area contributed by atoms with Crippen LogP contribution >= 0.6 is 11.6 Å². The molecule has 0 radical (unpaired) electrons. The third-order valence-corrected chi connectivity index (χ3v) is 4.04. The van der Waals surface area contributed by atoms with Crippen LogP contribution in [0.25, 0.3) is 0 Å². The van der Waals surface area contributed by atoms with E-state index < -0.39 is 11.5 Å².